The van der Waals surface area contributed by atoms with E-state index in [1.54, 1.807) is 0 Å². The molecule has 0 saturated heterocycles. The number of hydrogen-bond donors (Lipinski definition) is 0. The van der Waals surface area contributed by atoms with Gasteiger partial charge in [-0.15, -0.1) is 0 Å². The fraction of sp³-hybridized carbons (Fsp3) is 0.818. The van der Waals surface area contributed by atoms with Crippen molar-refractivity contribution in [2.24, 2.45) is 5.41 Å². The van der Waals surface area contributed by atoms with Crippen molar-refractivity contribution in [1.82, 2.24) is 0 Å². The molecular formula is C22H42ClP. The van der Waals surface area contributed by atoms with Crippen LogP contribution in [-0.4, -0.2) is 23.1 Å². The molecule has 0 aromatic heterocycles. The quantitative estimate of drug-likeness (QED) is 0.337. The number of halogens is 1. The zero-order valence-electron chi connectivity index (χ0n) is 17.4. The van der Waals surface area contributed by atoms with Crippen molar-refractivity contribution in [3.8, 4) is 0 Å². The maximum atomic E-state index is 8.01. The summed E-state index contributed by atoms with van der Waals surface area (Å²) in [5, 5.41) is 0.217. The molecule has 0 bridgehead atoms. The summed E-state index contributed by atoms with van der Waals surface area (Å²) in [4.78, 5) is 0. The first-order valence-corrected chi connectivity index (χ1v) is 13.7. The molecule has 0 N–H and O–H groups in total. The molecule has 0 aliphatic heterocycles. The Morgan fingerprint density at radius 3 is 1.67 bits per heavy atom. The fourth-order valence-corrected chi connectivity index (χ4v) is 12.0. The number of unbranched alkanes of at least 4 members (excludes halogenated alkanes) is 2. The molecular weight excluding hydrogens is 331 g/mol. The molecule has 0 fully saturated rings. The summed E-state index contributed by atoms with van der Waals surface area (Å²) in [5.74, 6) is -2.44. The van der Waals surface area contributed by atoms with Crippen LogP contribution >= 0.6 is 17.2 Å². The Kier molecular flexibility index (Phi) is 7.66. The summed E-state index contributed by atoms with van der Waals surface area (Å²) in [7, 11) is 0. The first-order chi connectivity index (χ1) is 11.0. The van der Waals surface area contributed by atoms with Gasteiger partial charge in [0.15, 0.2) is 0 Å². The Morgan fingerprint density at radius 2 is 1.29 bits per heavy atom. The molecule has 0 heterocycles. The van der Waals surface area contributed by atoms with Gasteiger partial charge in [0.05, 0.1) is 0 Å². The number of rotatable bonds is 10. The molecule has 142 valence electrons. The van der Waals surface area contributed by atoms with Crippen LogP contribution in [0.3, 0.4) is 0 Å². The number of hydrogen-bond acceptors (Lipinski definition) is 0. The van der Waals surface area contributed by atoms with E-state index in [0.29, 0.717) is 11.1 Å². The molecule has 1 rings (SSSR count). The predicted molar refractivity (Wildman–Crippen MR) is 117 cm³/mol. The maximum absolute atomic E-state index is 8.01. The minimum atomic E-state index is -2.44. The Balaban J connectivity index is 3.31. The van der Waals surface area contributed by atoms with Crippen LogP contribution in [0.2, 0.25) is 0 Å². The summed E-state index contributed by atoms with van der Waals surface area (Å²) in [6, 6.07) is 0. The molecule has 0 radical (unpaired) electrons. The van der Waals surface area contributed by atoms with Crippen LogP contribution in [0.25, 0.3) is 0 Å². The van der Waals surface area contributed by atoms with Gasteiger partial charge in [-0.1, -0.05) is 0 Å². The number of allylic oxidation sites excluding steroid dienone is 4. The van der Waals surface area contributed by atoms with Gasteiger partial charge in [0.1, 0.15) is 0 Å². The molecule has 0 nitrogen and oxygen atoms in total. The van der Waals surface area contributed by atoms with Crippen LogP contribution < -0.4 is 0 Å². The first kappa shape index (κ1) is 22.2. The van der Waals surface area contributed by atoms with E-state index >= 15 is 0 Å². The van der Waals surface area contributed by atoms with Gasteiger partial charge in [0.2, 0.25) is 0 Å². The van der Waals surface area contributed by atoms with E-state index in [-0.39, 0.29) is 5.16 Å². The molecule has 0 aromatic carbocycles. The van der Waals surface area contributed by atoms with Gasteiger partial charge >= 0.3 is 157 Å². The SMILES string of the molecule is CCCCP(Cl)(CCCC)(C1C=CC=C1)C(C)(C)CCC(C)(C)C. The van der Waals surface area contributed by atoms with Crippen molar-refractivity contribution >= 4 is 17.2 Å². The fourth-order valence-electron chi connectivity index (χ4n) is 4.18. The molecule has 0 atom stereocenters. The molecule has 24 heavy (non-hydrogen) atoms. The van der Waals surface area contributed by atoms with Crippen molar-refractivity contribution in [1.29, 1.82) is 0 Å². The molecule has 1 aliphatic rings. The van der Waals surface area contributed by atoms with E-state index in [4.69, 9.17) is 11.2 Å². The molecule has 0 unspecified atom stereocenters. The zero-order valence-corrected chi connectivity index (χ0v) is 19.0. The van der Waals surface area contributed by atoms with Crippen molar-refractivity contribution < 1.29 is 0 Å². The second kappa shape index (κ2) is 8.26. The normalized spacial score (nSPS) is 18.1. The molecule has 2 heteroatoms. The van der Waals surface area contributed by atoms with Crippen LogP contribution in [0.4, 0.5) is 0 Å². The third-order valence-corrected chi connectivity index (χ3v) is 16.8. The van der Waals surface area contributed by atoms with Gasteiger partial charge in [-0.2, -0.15) is 0 Å². The summed E-state index contributed by atoms with van der Waals surface area (Å²) in [6.07, 6.45) is 19.3. The van der Waals surface area contributed by atoms with Crippen LogP contribution in [0.5, 0.6) is 0 Å². The monoisotopic (exact) mass is 372 g/mol. The zero-order chi connectivity index (χ0) is 18.5. The molecule has 0 aromatic rings. The summed E-state index contributed by atoms with van der Waals surface area (Å²) in [6.45, 7) is 16.7. The van der Waals surface area contributed by atoms with E-state index in [0.717, 1.165) is 0 Å². The molecule has 0 amide bonds. The average molecular weight is 373 g/mol. The van der Waals surface area contributed by atoms with Gasteiger partial charge in [-0.3, -0.25) is 0 Å². The Labute approximate surface area is 157 Å². The van der Waals surface area contributed by atoms with Crippen LogP contribution in [0, 0.1) is 5.41 Å². The van der Waals surface area contributed by atoms with E-state index in [9.17, 15) is 0 Å². The van der Waals surface area contributed by atoms with E-state index in [1.807, 2.05) is 0 Å². The van der Waals surface area contributed by atoms with Gasteiger partial charge in [0.25, 0.3) is 0 Å². The van der Waals surface area contributed by atoms with Crippen LogP contribution in [-0.2, 0) is 0 Å². The van der Waals surface area contributed by atoms with Crippen molar-refractivity contribution in [2.45, 2.75) is 97.8 Å². The van der Waals surface area contributed by atoms with Crippen molar-refractivity contribution in [3.05, 3.63) is 24.3 Å². The van der Waals surface area contributed by atoms with Crippen molar-refractivity contribution in [2.75, 3.05) is 12.3 Å². The third kappa shape index (κ3) is 4.67. The summed E-state index contributed by atoms with van der Waals surface area (Å²) >= 11 is 8.01. The van der Waals surface area contributed by atoms with Crippen LogP contribution in [0.1, 0.15) is 87.0 Å². The summed E-state index contributed by atoms with van der Waals surface area (Å²) in [5.41, 5.74) is 0.853. The second-order valence-electron chi connectivity index (χ2n) is 9.74. The topological polar surface area (TPSA) is 0 Å². The third-order valence-electron chi connectivity index (χ3n) is 6.32. The predicted octanol–water partition coefficient (Wildman–Crippen LogP) is 8.39. The Hall–Kier alpha value is 0.200. The van der Waals surface area contributed by atoms with Crippen molar-refractivity contribution in [3.63, 3.8) is 0 Å². The Bertz CT molecular complexity index is 433. The minimum absolute atomic E-state index is 0.217. The van der Waals surface area contributed by atoms with E-state index < -0.39 is 5.96 Å². The van der Waals surface area contributed by atoms with Gasteiger partial charge in [0, 0.05) is 0 Å². The van der Waals surface area contributed by atoms with Gasteiger partial charge in [-0.05, 0) is 0 Å². The summed E-state index contributed by atoms with van der Waals surface area (Å²) < 4.78 is 0. The second-order valence-corrected chi connectivity index (χ2v) is 17.9. The van der Waals surface area contributed by atoms with E-state index in [1.165, 1.54) is 50.8 Å². The standard InChI is InChI=1S/C22H42ClP/c1-8-10-18-24(23,19-11-9-2,20-14-12-13-15-20)22(6,7)17-16-21(3,4)5/h12-15,20H,8-11,16-19H2,1-7H3. The van der Waals surface area contributed by atoms with Crippen LogP contribution in [0.15, 0.2) is 24.3 Å². The van der Waals surface area contributed by atoms with Gasteiger partial charge < -0.3 is 0 Å². The molecule has 0 spiro atoms. The first-order valence-electron chi connectivity index (χ1n) is 10.1. The molecule has 0 saturated carbocycles. The van der Waals surface area contributed by atoms with E-state index in [2.05, 4.69) is 72.8 Å². The molecule has 1 aliphatic carbocycles. The van der Waals surface area contributed by atoms with Gasteiger partial charge in [-0.25, -0.2) is 0 Å². The Morgan fingerprint density at radius 1 is 0.833 bits per heavy atom. The average Bonchev–Trinajstić information content (AvgIpc) is 3.04.